The van der Waals surface area contributed by atoms with E-state index in [1.165, 1.54) is 11.3 Å². The van der Waals surface area contributed by atoms with E-state index < -0.39 is 0 Å². The van der Waals surface area contributed by atoms with Crippen LogP contribution in [0.1, 0.15) is 39.6 Å². The lowest BCUT2D eigenvalue weighted by molar-refractivity contribution is 0.0452. The van der Waals surface area contributed by atoms with Gasteiger partial charge >= 0.3 is 0 Å². The summed E-state index contributed by atoms with van der Waals surface area (Å²) in [6, 6.07) is 1.75. The lowest BCUT2D eigenvalue weighted by Crippen LogP contribution is -2.52. The van der Waals surface area contributed by atoms with Gasteiger partial charge in [0.1, 0.15) is 5.69 Å². The van der Waals surface area contributed by atoms with Gasteiger partial charge in [-0.15, -0.1) is 11.3 Å². The SMILES string of the molecule is Cc1nc(C(=O)N2CC(Cn3nc4c(cc3=O)CCCC4)C2)cs1. The first-order valence-electron chi connectivity index (χ1n) is 8.41. The Morgan fingerprint density at radius 2 is 2.12 bits per heavy atom. The summed E-state index contributed by atoms with van der Waals surface area (Å²) in [4.78, 5) is 30.5. The van der Waals surface area contributed by atoms with Crippen LogP contribution >= 0.6 is 11.3 Å². The van der Waals surface area contributed by atoms with Crippen LogP contribution in [-0.2, 0) is 19.4 Å². The van der Waals surface area contributed by atoms with Gasteiger partial charge in [-0.05, 0) is 38.2 Å². The van der Waals surface area contributed by atoms with Crippen molar-refractivity contribution < 1.29 is 4.79 Å². The fraction of sp³-hybridized carbons (Fsp3) is 0.529. The van der Waals surface area contributed by atoms with Crippen molar-refractivity contribution in [2.45, 2.75) is 39.2 Å². The molecule has 1 fully saturated rings. The lowest BCUT2D eigenvalue weighted by Gasteiger charge is -2.38. The van der Waals surface area contributed by atoms with Crippen molar-refractivity contribution >= 4 is 17.2 Å². The van der Waals surface area contributed by atoms with E-state index in [4.69, 9.17) is 0 Å². The van der Waals surface area contributed by atoms with Gasteiger partial charge in [0.15, 0.2) is 0 Å². The number of hydrogen-bond donors (Lipinski definition) is 0. The number of rotatable bonds is 3. The summed E-state index contributed by atoms with van der Waals surface area (Å²) in [5.41, 5.74) is 2.70. The van der Waals surface area contributed by atoms with Crippen LogP contribution in [0.4, 0.5) is 0 Å². The van der Waals surface area contributed by atoms with Gasteiger partial charge in [0.25, 0.3) is 11.5 Å². The van der Waals surface area contributed by atoms with Gasteiger partial charge in [0.05, 0.1) is 17.2 Å². The summed E-state index contributed by atoms with van der Waals surface area (Å²) in [6.45, 7) is 3.82. The van der Waals surface area contributed by atoms with Gasteiger partial charge in [-0.2, -0.15) is 5.10 Å². The Kier molecular flexibility index (Phi) is 3.96. The van der Waals surface area contributed by atoms with E-state index in [0.29, 0.717) is 31.2 Å². The fourth-order valence-electron chi connectivity index (χ4n) is 3.45. The minimum absolute atomic E-state index is 0.0126. The van der Waals surface area contributed by atoms with Crippen molar-refractivity contribution in [1.29, 1.82) is 0 Å². The second-order valence-corrected chi connectivity index (χ2v) is 7.73. The molecular formula is C17H20N4O2S. The fourth-order valence-corrected chi connectivity index (χ4v) is 4.04. The van der Waals surface area contributed by atoms with Crippen molar-refractivity contribution in [3.8, 4) is 0 Å². The highest BCUT2D eigenvalue weighted by Gasteiger charge is 2.33. The van der Waals surface area contributed by atoms with Gasteiger partial charge in [-0.25, -0.2) is 9.67 Å². The van der Waals surface area contributed by atoms with E-state index in [9.17, 15) is 9.59 Å². The zero-order chi connectivity index (χ0) is 16.7. The van der Waals surface area contributed by atoms with Crippen LogP contribution in [0.15, 0.2) is 16.2 Å². The molecule has 1 saturated heterocycles. The molecule has 2 aromatic heterocycles. The highest BCUT2D eigenvalue weighted by atomic mass is 32.1. The molecule has 7 heteroatoms. The van der Waals surface area contributed by atoms with Crippen LogP contribution in [0.5, 0.6) is 0 Å². The van der Waals surface area contributed by atoms with Crippen LogP contribution in [0.2, 0.25) is 0 Å². The first-order chi connectivity index (χ1) is 11.6. The molecule has 2 aromatic rings. The first kappa shape index (κ1) is 15.5. The molecule has 0 saturated carbocycles. The summed E-state index contributed by atoms with van der Waals surface area (Å²) in [7, 11) is 0. The molecule has 0 bridgehead atoms. The molecular weight excluding hydrogens is 324 g/mol. The Hall–Kier alpha value is -2.02. The topological polar surface area (TPSA) is 68.1 Å². The van der Waals surface area contributed by atoms with Crippen LogP contribution in [-0.4, -0.2) is 38.7 Å². The molecule has 1 amide bonds. The van der Waals surface area contributed by atoms with Crippen LogP contribution in [0, 0.1) is 12.8 Å². The minimum atomic E-state index is -0.0180. The molecule has 0 spiro atoms. The summed E-state index contributed by atoms with van der Waals surface area (Å²) in [5, 5.41) is 7.27. The summed E-state index contributed by atoms with van der Waals surface area (Å²) in [5.74, 6) is 0.280. The Morgan fingerprint density at radius 1 is 1.33 bits per heavy atom. The highest BCUT2D eigenvalue weighted by molar-refractivity contribution is 7.09. The number of carbonyl (C=O) groups excluding carboxylic acids is 1. The Balaban J connectivity index is 1.40. The third-order valence-corrected chi connectivity index (χ3v) is 5.56. The number of hydrogen-bond acceptors (Lipinski definition) is 5. The predicted molar refractivity (Wildman–Crippen MR) is 91.4 cm³/mol. The average Bonchev–Trinajstić information content (AvgIpc) is 2.96. The normalized spacial score (nSPS) is 17.5. The molecule has 24 heavy (non-hydrogen) atoms. The second-order valence-electron chi connectivity index (χ2n) is 6.67. The van der Waals surface area contributed by atoms with E-state index in [0.717, 1.165) is 41.9 Å². The lowest BCUT2D eigenvalue weighted by atomic mass is 9.96. The number of aryl methyl sites for hydroxylation is 3. The highest BCUT2D eigenvalue weighted by Crippen LogP contribution is 2.21. The molecule has 0 unspecified atom stereocenters. The number of nitrogens with zero attached hydrogens (tertiary/aromatic N) is 4. The monoisotopic (exact) mass is 344 g/mol. The number of carbonyl (C=O) groups is 1. The zero-order valence-electron chi connectivity index (χ0n) is 13.7. The van der Waals surface area contributed by atoms with Crippen molar-refractivity contribution in [2.75, 3.05) is 13.1 Å². The van der Waals surface area contributed by atoms with Gasteiger partial charge in [-0.3, -0.25) is 9.59 Å². The van der Waals surface area contributed by atoms with Crippen LogP contribution in [0.3, 0.4) is 0 Å². The van der Waals surface area contributed by atoms with Crippen molar-refractivity contribution in [3.63, 3.8) is 0 Å². The summed E-state index contributed by atoms with van der Waals surface area (Å²) < 4.78 is 1.59. The van der Waals surface area contributed by atoms with E-state index in [-0.39, 0.29) is 11.5 Å². The smallest absolute Gasteiger partial charge is 0.273 e. The molecule has 0 N–H and O–H groups in total. The van der Waals surface area contributed by atoms with E-state index >= 15 is 0 Å². The minimum Gasteiger partial charge on any atom is -0.336 e. The molecule has 1 aliphatic carbocycles. The molecule has 126 valence electrons. The number of likely N-dealkylation sites (tertiary alicyclic amines) is 1. The molecule has 0 radical (unpaired) electrons. The van der Waals surface area contributed by atoms with Crippen LogP contribution in [0.25, 0.3) is 0 Å². The largest absolute Gasteiger partial charge is 0.336 e. The predicted octanol–water partition coefficient (Wildman–Crippen LogP) is 1.66. The average molecular weight is 344 g/mol. The maximum atomic E-state index is 12.3. The van der Waals surface area contributed by atoms with Gasteiger partial charge in [-0.1, -0.05) is 0 Å². The molecule has 4 rings (SSSR count). The molecule has 6 nitrogen and oxygen atoms in total. The quantitative estimate of drug-likeness (QED) is 0.849. The van der Waals surface area contributed by atoms with Crippen molar-refractivity contribution in [2.24, 2.45) is 5.92 Å². The number of aromatic nitrogens is 3. The van der Waals surface area contributed by atoms with Gasteiger partial charge in [0, 0.05) is 30.5 Å². The number of thiazole rings is 1. The Labute approximate surface area is 144 Å². The number of amides is 1. The van der Waals surface area contributed by atoms with Gasteiger partial charge < -0.3 is 4.90 Å². The van der Waals surface area contributed by atoms with Crippen molar-refractivity contribution in [3.05, 3.63) is 43.8 Å². The Bertz CT molecular complexity index is 835. The molecule has 2 aliphatic rings. The maximum Gasteiger partial charge on any atom is 0.273 e. The summed E-state index contributed by atoms with van der Waals surface area (Å²) >= 11 is 1.49. The molecule has 1 aliphatic heterocycles. The third-order valence-electron chi connectivity index (χ3n) is 4.79. The molecule has 0 aromatic carbocycles. The van der Waals surface area contributed by atoms with Crippen LogP contribution < -0.4 is 5.56 Å². The first-order valence-corrected chi connectivity index (χ1v) is 9.29. The molecule has 0 atom stereocenters. The van der Waals surface area contributed by atoms with Gasteiger partial charge in [0.2, 0.25) is 0 Å². The van der Waals surface area contributed by atoms with Crippen molar-refractivity contribution in [1.82, 2.24) is 19.7 Å². The number of fused-ring (bicyclic) bond motifs is 1. The maximum absolute atomic E-state index is 12.3. The zero-order valence-corrected chi connectivity index (χ0v) is 14.5. The standard InChI is InChI=1S/C17H20N4O2S/c1-11-18-15(10-24-11)17(23)20-7-12(8-20)9-21-16(22)6-13-4-2-3-5-14(13)19-21/h6,10,12H,2-5,7-9H2,1H3. The third kappa shape index (κ3) is 2.88. The van der Waals surface area contributed by atoms with E-state index in [1.807, 2.05) is 6.92 Å². The van der Waals surface area contributed by atoms with E-state index in [1.54, 1.807) is 21.0 Å². The molecule has 3 heterocycles. The Morgan fingerprint density at radius 3 is 2.88 bits per heavy atom. The van der Waals surface area contributed by atoms with E-state index in [2.05, 4.69) is 10.1 Å². The second kappa shape index (κ2) is 6.12. The summed E-state index contributed by atoms with van der Waals surface area (Å²) in [6.07, 6.45) is 4.23.